The topological polar surface area (TPSA) is 72.6 Å². The van der Waals surface area contributed by atoms with Crippen LogP contribution in [-0.2, 0) is 14.8 Å². The van der Waals surface area contributed by atoms with Crippen LogP contribution in [-0.4, -0.2) is 40.0 Å². The Labute approximate surface area is 113 Å². The lowest BCUT2D eigenvalue weighted by molar-refractivity contribution is 0.189. The second-order valence-electron chi connectivity index (χ2n) is 3.86. The van der Waals surface area contributed by atoms with Gasteiger partial charge in [0.05, 0.1) is 5.69 Å². The Kier molecular flexibility index (Phi) is 5.40. The molecule has 102 valence electrons. The largest absolute Gasteiger partial charge is 0.398 e. The molecule has 1 aromatic rings. The van der Waals surface area contributed by atoms with Crippen LogP contribution < -0.4 is 5.73 Å². The summed E-state index contributed by atoms with van der Waals surface area (Å²) in [6.07, 6.45) is 0.618. The molecule has 0 spiro atoms. The summed E-state index contributed by atoms with van der Waals surface area (Å²) in [5.41, 5.74) is 5.87. The molecule has 0 aliphatic heterocycles. The van der Waals surface area contributed by atoms with E-state index in [1.165, 1.54) is 23.5 Å². The Bertz CT molecular complexity index is 505. The molecule has 0 saturated heterocycles. The molecule has 0 aromatic heterocycles. The van der Waals surface area contributed by atoms with Gasteiger partial charge in [0.15, 0.2) is 0 Å². The molecule has 5 nitrogen and oxygen atoms in total. The lowest BCUT2D eigenvalue weighted by atomic mass is 10.3. The minimum atomic E-state index is -3.60. The summed E-state index contributed by atoms with van der Waals surface area (Å²) in [6, 6.07) is 4.40. The van der Waals surface area contributed by atoms with Gasteiger partial charge in [0.2, 0.25) is 10.0 Å². The number of ether oxygens (including phenoxy) is 1. The number of nitrogens with two attached hydrogens (primary N) is 1. The van der Waals surface area contributed by atoms with E-state index in [2.05, 4.69) is 0 Å². The molecule has 0 heterocycles. The van der Waals surface area contributed by atoms with Crippen LogP contribution in [0.5, 0.6) is 0 Å². The zero-order valence-corrected chi connectivity index (χ0v) is 12.0. The highest BCUT2D eigenvalue weighted by molar-refractivity contribution is 7.89. The highest BCUT2D eigenvalue weighted by Gasteiger charge is 2.23. The molecule has 0 amide bonds. The lowest BCUT2D eigenvalue weighted by Gasteiger charge is -2.18. The number of methoxy groups -OCH3 is 1. The van der Waals surface area contributed by atoms with E-state index in [0.29, 0.717) is 24.6 Å². The number of hydrogen-bond acceptors (Lipinski definition) is 4. The van der Waals surface area contributed by atoms with Crippen molar-refractivity contribution in [1.82, 2.24) is 4.31 Å². The summed E-state index contributed by atoms with van der Waals surface area (Å²) in [4.78, 5) is 0.0370. The molecule has 0 radical (unpaired) electrons. The monoisotopic (exact) mass is 292 g/mol. The number of nitrogen functional groups attached to an aromatic ring is 1. The van der Waals surface area contributed by atoms with Crippen molar-refractivity contribution in [2.24, 2.45) is 0 Å². The van der Waals surface area contributed by atoms with Gasteiger partial charge in [0.1, 0.15) is 4.90 Å². The first-order valence-corrected chi connectivity index (χ1v) is 7.21. The van der Waals surface area contributed by atoms with Crippen LogP contribution >= 0.6 is 11.6 Å². The number of sulfonamides is 1. The molecule has 0 atom stereocenters. The molecular weight excluding hydrogens is 276 g/mol. The van der Waals surface area contributed by atoms with Crippen LogP contribution in [0.2, 0.25) is 5.02 Å². The number of benzene rings is 1. The Balaban J connectivity index is 2.95. The van der Waals surface area contributed by atoms with Crippen molar-refractivity contribution < 1.29 is 13.2 Å². The van der Waals surface area contributed by atoms with Gasteiger partial charge in [0, 0.05) is 32.3 Å². The predicted octanol–water partition coefficient (Wildman–Crippen LogP) is 1.58. The lowest BCUT2D eigenvalue weighted by Crippen LogP contribution is -2.29. The van der Waals surface area contributed by atoms with Crippen LogP contribution in [0.4, 0.5) is 5.69 Å². The van der Waals surface area contributed by atoms with E-state index in [9.17, 15) is 8.42 Å². The van der Waals surface area contributed by atoms with Crippen LogP contribution in [0, 0.1) is 0 Å². The van der Waals surface area contributed by atoms with Crippen molar-refractivity contribution in [3.63, 3.8) is 0 Å². The summed E-state index contributed by atoms with van der Waals surface area (Å²) in [6.45, 7) is 0.868. The van der Waals surface area contributed by atoms with E-state index >= 15 is 0 Å². The number of nitrogens with zero attached hydrogens (tertiary/aromatic N) is 1. The molecule has 18 heavy (non-hydrogen) atoms. The van der Waals surface area contributed by atoms with Crippen LogP contribution in [0.1, 0.15) is 6.42 Å². The first-order valence-electron chi connectivity index (χ1n) is 5.40. The molecule has 1 aromatic carbocycles. The van der Waals surface area contributed by atoms with E-state index in [1.54, 1.807) is 13.2 Å². The molecule has 7 heteroatoms. The van der Waals surface area contributed by atoms with Gasteiger partial charge in [-0.05, 0) is 24.6 Å². The van der Waals surface area contributed by atoms with Gasteiger partial charge in [-0.2, -0.15) is 0 Å². The SMILES string of the molecule is COCCCN(C)S(=O)(=O)c1cc(Cl)ccc1N. The summed E-state index contributed by atoms with van der Waals surface area (Å²) in [7, 11) is -0.526. The average molecular weight is 293 g/mol. The van der Waals surface area contributed by atoms with E-state index in [4.69, 9.17) is 22.1 Å². The van der Waals surface area contributed by atoms with E-state index in [1.807, 2.05) is 0 Å². The zero-order valence-electron chi connectivity index (χ0n) is 10.4. The quantitative estimate of drug-likeness (QED) is 0.638. The maximum atomic E-state index is 12.2. The normalized spacial score (nSPS) is 12.0. The molecule has 2 N–H and O–H groups in total. The molecule has 0 unspecified atom stereocenters. The Hall–Kier alpha value is -0.820. The van der Waals surface area contributed by atoms with Gasteiger partial charge in [-0.1, -0.05) is 11.6 Å². The van der Waals surface area contributed by atoms with Crippen LogP contribution in [0.15, 0.2) is 23.1 Å². The van der Waals surface area contributed by atoms with Gasteiger partial charge in [-0.3, -0.25) is 0 Å². The maximum Gasteiger partial charge on any atom is 0.244 e. The predicted molar refractivity (Wildman–Crippen MR) is 72.2 cm³/mol. The third-order valence-electron chi connectivity index (χ3n) is 2.49. The number of rotatable bonds is 6. The second kappa shape index (κ2) is 6.38. The summed E-state index contributed by atoms with van der Waals surface area (Å²) < 4.78 is 30.6. The highest BCUT2D eigenvalue weighted by Crippen LogP contribution is 2.25. The number of anilines is 1. The zero-order chi connectivity index (χ0) is 13.8. The number of hydrogen-bond donors (Lipinski definition) is 1. The van der Waals surface area contributed by atoms with Crippen molar-refractivity contribution in [2.75, 3.05) is 33.0 Å². The van der Waals surface area contributed by atoms with Crippen molar-refractivity contribution in [3.05, 3.63) is 23.2 Å². The Morgan fingerprint density at radius 3 is 2.72 bits per heavy atom. The summed E-state index contributed by atoms with van der Waals surface area (Å²) in [5.74, 6) is 0. The Morgan fingerprint density at radius 1 is 1.44 bits per heavy atom. The average Bonchev–Trinajstić information content (AvgIpc) is 2.32. The third kappa shape index (κ3) is 3.58. The third-order valence-corrected chi connectivity index (χ3v) is 4.63. The molecule has 0 fully saturated rings. The van der Waals surface area contributed by atoms with Gasteiger partial charge in [0.25, 0.3) is 0 Å². The van der Waals surface area contributed by atoms with Gasteiger partial charge < -0.3 is 10.5 Å². The van der Waals surface area contributed by atoms with Crippen molar-refractivity contribution in [2.45, 2.75) is 11.3 Å². The van der Waals surface area contributed by atoms with Crippen LogP contribution in [0.25, 0.3) is 0 Å². The molecule has 0 aliphatic rings. The fourth-order valence-corrected chi connectivity index (χ4v) is 3.04. The standard InChI is InChI=1S/C11H17ClN2O3S/c1-14(6-3-7-17-2)18(15,16)11-8-9(12)4-5-10(11)13/h4-5,8H,3,6-7,13H2,1-2H3. The van der Waals surface area contributed by atoms with Gasteiger partial charge in [-0.15, -0.1) is 0 Å². The van der Waals surface area contributed by atoms with Crippen LogP contribution in [0.3, 0.4) is 0 Å². The fourth-order valence-electron chi connectivity index (χ4n) is 1.45. The van der Waals surface area contributed by atoms with Crippen molar-refractivity contribution in [1.29, 1.82) is 0 Å². The summed E-state index contributed by atoms with van der Waals surface area (Å²) in [5, 5.41) is 0.341. The highest BCUT2D eigenvalue weighted by atomic mass is 35.5. The Morgan fingerprint density at radius 2 is 2.11 bits per heavy atom. The number of halogens is 1. The van der Waals surface area contributed by atoms with E-state index < -0.39 is 10.0 Å². The summed E-state index contributed by atoms with van der Waals surface area (Å²) >= 11 is 5.80. The minimum absolute atomic E-state index is 0.0370. The molecule has 1 rings (SSSR count). The van der Waals surface area contributed by atoms with Crippen molar-refractivity contribution in [3.8, 4) is 0 Å². The minimum Gasteiger partial charge on any atom is -0.398 e. The first-order chi connectivity index (χ1) is 8.39. The smallest absolute Gasteiger partial charge is 0.244 e. The molecule has 0 bridgehead atoms. The maximum absolute atomic E-state index is 12.2. The van der Waals surface area contributed by atoms with E-state index in [-0.39, 0.29) is 10.6 Å². The molecular formula is C11H17ClN2O3S. The molecule has 0 saturated carbocycles. The van der Waals surface area contributed by atoms with E-state index in [0.717, 1.165) is 0 Å². The van der Waals surface area contributed by atoms with Gasteiger partial charge >= 0.3 is 0 Å². The second-order valence-corrected chi connectivity index (χ2v) is 6.30. The van der Waals surface area contributed by atoms with Gasteiger partial charge in [-0.25, -0.2) is 12.7 Å². The molecule has 0 aliphatic carbocycles. The first kappa shape index (κ1) is 15.2. The van der Waals surface area contributed by atoms with Crippen molar-refractivity contribution >= 4 is 27.3 Å². The fraction of sp³-hybridized carbons (Fsp3) is 0.455.